The zero-order valence-corrected chi connectivity index (χ0v) is 22.0. The number of aromatic nitrogens is 1. The van der Waals surface area contributed by atoms with Gasteiger partial charge in [-0.3, -0.25) is 14.5 Å². The molecule has 0 saturated carbocycles. The Balaban J connectivity index is 1.71. The van der Waals surface area contributed by atoms with E-state index < -0.39 is 29.4 Å². The second-order valence-corrected chi connectivity index (χ2v) is 11.6. The number of hydrogen-bond donors (Lipinski definition) is 1. The highest BCUT2D eigenvalue weighted by Gasteiger charge is 2.48. The predicted octanol–water partition coefficient (Wildman–Crippen LogP) is 6.57. The Morgan fingerprint density at radius 2 is 1.89 bits per heavy atom. The van der Waals surface area contributed by atoms with Crippen molar-refractivity contribution in [1.82, 2.24) is 4.98 Å². The predicted molar refractivity (Wildman–Crippen MR) is 140 cm³/mol. The van der Waals surface area contributed by atoms with Crippen LogP contribution in [-0.2, 0) is 15.0 Å². The van der Waals surface area contributed by atoms with Gasteiger partial charge in [-0.2, -0.15) is 0 Å². The molecule has 5 rings (SSSR count). The van der Waals surface area contributed by atoms with Crippen LogP contribution in [0.2, 0.25) is 0 Å². The zero-order chi connectivity index (χ0) is 26.6. The summed E-state index contributed by atoms with van der Waals surface area (Å²) in [5.74, 6) is -3.16. The van der Waals surface area contributed by atoms with Crippen LogP contribution in [0.25, 0.3) is 16.0 Å². The Morgan fingerprint density at radius 1 is 1.14 bits per heavy atom. The summed E-state index contributed by atoms with van der Waals surface area (Å²) in [6.45, 7) is 5.98. The van der Waals surface area contributed by atoms with Gasteiger partial charge in [0.05, 0.1) is 17.4 Å². The molecule has 0 spiro atoms. The molecule has 1 saturated heterocycles. The van der Waals surface area contributed by atoms with E-state index in [1.54, 1.807) is 42.8 Å². The quantitative estimate of drug-likeness (QED) is 0.180. The van der Waals surface area contributed by atoms with E-state index >= 15 is 0 Å². The lowest BCUT2D eigenvalue weighted by Crippen LogP contribution is -2.28. The normalized spacial score (nSPS) is 17.7. The number of amides is 1. The molecule has 10 heteroatoms. The van der Waals surface area contributed by atoms with Crippen LogP contribution in [-0.4, -0.2) is 28.9 Å². The van der Waals surface area contributed by atoms with Crippen molar-refractivity contribution in [1.29, 1.82) is 0 Å². The molecular formula is C27H22F2N2O4S2. The molecule has 1 N–H and O–H groups in total. The second kappa shape index (κ2) is 9.04. The van der Waals surface area contributed by atoms with Crippen LogP contribution in [0.1, 0.15) is 42.8 Å². The first-order valence-electron chi connectivity index (χ1n) is 11.3. The molecule has 6 nitrogen and oxygen atoms in total. The van der Waals surface area contributed by atoms with Crippen LogP contribution in [0.15, 0.2) is 53.4 Å². The minimum atomic E-state index is -0.992. The molecule has 2 aromatic carbocycles. The van der Waals surface area contributed by atoms with E-state index in [1.807, 2.05) is 20.8 Å². The largest absolute Gasteiger partial charge is 0.507 e. The number of rotatable bonds is 4. The summed E-state index contributed by atoms with van der Waals surface area (Å²) in [6, 6.07) is 9.42. The molecule has 1 atom stereocenters. The number of halogens is 2. The summed E-state index contributed by atoms with van der Waals surface area (Å²) in [6.07, 6.45) is 0. The fourth-order valence-electron chi connectivity index (χ4n) is 4.39. The number of Topliss-reactive ketones (excluding diaryl/α,β-unsaturated/α-hetero) is 1. The van der Waals surface area contributed by atoms with Gasteiger partial charge in [-0.15, -0.1) is 11.3 Å². The van der Waals surface area contributed by atoms with Crippen LogP contribution in [0.3, 0.4) is 0 Å². The molecule has 1 aliphatic heterocycles. The topological polar surface area (TPSA) is 79.7 Å². The van der Waals surface area contributed by atoms with Gasteiger partial charge in [0.2, 0.25) is 0 Å². The molecule has 0 aliphatic carbocycles. The Bertz CT molecular complexity index is 1590. The molecule has 190 valence electrons. The van der Waals surface area contributed by atoms with Crippen molar-refractivity contribution in [2.24, 2.45) is 0 Å². The number of hydrogen-bond acceptors (Lipinski definition) is 7. The highest BCUT2D eigenvalue weighted by atomic mass is 32.1. The molecular weight excluding hydrogens is 518 g/mol. The van der Waals surface area contributed by atoms with Crippen molar-refractivity contribution in [2.45, 2.75) is 32.2 Å². The van der Waals surface area contributed by atoms with Crippen LogP contribution in [0, 0.1) is 11.6 Å². The fraction of sp³-hybridized carbons (Fsp3) is 0.222. The van der Waals surface area contributed by atoms with Crippen LogP contribution in [0.4, 0.5) is 13.9 Å². The smallest absolute Gasteiger partial charge is 0.301 e. The van der Waals surface area contributed by atoms with Crippen molar-refractivity contribution in [3.05, 3.63) is 81.1 Å². The van der Waals surface area contributed by atoms with Gasteiger partial charge in [-0.1, -0.05) is 38.2 Å². The minimum Gasteiger partial charge on any atom is -0.507 e. The van der Waals surface area contributed by atoms with E-state index in [1.165, 1.54) is 11.3 Å². The maximum absolute atomic E-state index is 14.4. The molecule has 3 heterocycles. The lowest BCUT2D eigenvalue weighted by molar-refractivity contribution is -0.132. The van der Waals surface area contributed by atoms with Crippen LogP contribution >= 0.6 is 22.7 Å². The number of thiophene rings is 1. The van der Waals surface area contributed by atoms with E-state index in [9.17, 15) is 23.5 Å². The molecule has 37 heavy (non-hydrogen) atoms. The lowest BCUT2D eigenvalue weighted by Gasteiger charge is -2.24. The third-order valence-corrected chi connectivity index (χ3v) is 8.07. The van der Waals surface area contributed by atoms with E-state index in [-0.39, 0.29) is 32.1 Å². The highest BCUT2D eigenvalue weighted by molar-refractivity contribution is 7.22. The highest BCUT2D eigenvalue weighted by Crippen LogP contribution is 2.46. The standard InChI is InChI=1S/C27H22F2N2O4S2/c1-27(2,3)15-10-13(7-8-17(15)35-4)23(32)20-22(18-6-5-9-36-18)31(25(34)24(20)33)26-30-21-16(29)11-14(28)12-19(21)37-26/h5-12,22,32H,1-4H3/b23-20+. The fourth-order valence-corrected chi connectivity index (χ4v) is 6.25. The van der Waals surface area contributed by atoms with Gasteiger partial charge in [0.1, 0.15) is 28.9 Å². The van der Waals surface area contributed by atoms with Gasteiger partial charge in [-0.25, -0.2) is 13.8 Å². The van der Waals surface area contributed by atoms with E-state index in [2.05, 4.69) is 4.98 Å². The van der Waals surface area contributed by atoms with Gasteiger partial charge in [0.15, 0.2) is 10.9 Å². The van der Waals surface area contributed by atoms with Gasteiger partial charge in [0, 0.05) is 22.1 Å². The molecule has 1 unspecified atom stereocenters. The van der Waals surface area contributed by atoms with Crippen LogP contribution in [0.5, 0.6) is 5.75 Å². The summed E-state index contributed by atoms with van der Waals surface area (Å²) in [5.41, 5.74) is 0.621. The average Bonchev–Trinajstić information content (AvgIpc) is 3.57. The van der Waals surface area contributed by atoms with E-state index in [0.29, 0.717) is 22.3 Å². The minimum absolute atomic E-state index is 0.0316. The number of aliphatic hydroxyl groups is 1. The first-order valence-corrected chi connectivity index (χ1v) is 13.0. The van der Waals surface area contributed by atoms with Gasteiger partial charge >= 0.3 is 5.91 Å². The number of thiazole rings is 1. The summed E-state index contributed by atoms with van der Waals surface area (Å²) in [4.78, 5) is 32.7. The molecule has 0 radical (unpaired) electrons. The van der Waals surface area contributed by atoms with Crippen molar-refractivity contribution in [3.8, 4) is 5.75 Å². The number of benzene rings is 2. The summed E-state index contributed by atoms with van der Waals surface area (Å²) in [7, 11) is 1.55. The van der Waals surface area contributed by atoms with Crippen LogP contribution < -0.4 is 9.64 Å². The Kier molecular flexibility index (Phi) is 6.12. The SMILES string of the molecule is COc1ccc(/C(O)=C2\C(=O)C(=O)N(c3nc4c(F)cc(F)cc4s3)C2c2cccs2)cc1C(C)(C)C. The van der Waals surface area contributed by atoms with Gasteiger partial charge in [0.25, 0.3) is 5.78 Å². The Labute approximate surface area is 219 Å². The number of carbonyl (C=O) groups excluding carboxylic acids is 2. The van der Waals surface area contributed by atoms with Gasteiger partial charge in [-0.05, 0) is 41.1 Å². The number of fused-ring (bicyclic) bond motifs is 1. The van der Waals surface area contributed by atoms with E-state index in [0.717, 1.165) is 27.9 Å². The monoisotopic (exact) mass is 540 g/mol. The number of aliphatic hydroxyl groups excluding tert-OH is 1. The number of ketones is 1. The third kappa shape index (κ3) is 4.19. The summed E-state index contributed by atoms with van der Waals surface area (Å²) >= 11 is 2.19. The number of nitrogens with zero attached hydrogens (tertiary/aromatic N) is 2. The third-order valence-electron chi connectivity index (χ3n) is 6.15. The first kappa shape index (κ1) is 25.0. The summed E-state index contributed by atoms with van der Waals surface area (Å²) < 4.78 is 33.9. The number of carbonyl (C=O) groups is 2. The number of anilines is 1. The molecule has 4 aromatic rings. The Morgan fingerprint density at radius 3 is 2.54 bits per heavy atom. The van der Waals surface area contributed by atoms with Crippen molar-refractivity contribution < 1.29 is 28.2 Å². The number of ether oxygens (including phenoxy) is 1. The molecule has 0 bridgehead atoms. The lowest BCUT2D eigenvalue weighted by atomic mass is 9.84. The van der Waals surface area contributed by atoms with Crippen molar-refractivity contribution in [3.63, 3.8) is 0 Å². The first-order chi connectivity index (χ1) is 17.5. The summed E-state index contributed by atoms with van der Waals surface area (Å²) in [5, 5.41) is 13.3. The zero-order valence-electron chi connectivity index (χ0n) is 20.3. The van der Waals surface area contributed by atoms with Crippen molar-refractivity contribution >= 4 is 55.5 Å². The van der Waals surface area contributed by atoms with Crippen molar-refractivity contribution in [2.75, 3.05) is 12.0 Å². The van der Waals surface area contributed by atoms with Gasteiger partial charge < -0.3 is 9.84 Å². The average molecular weight is 541 g/mol. The van der Waals surface area contributed by atoms with E-state index in [4.69, 9.17) is 4.74 Å². The number of methoxy groups -OCH3 is 1. The maximum atomic E-state index is 14.4. The Hall–Kier alpha value is -3.63. The molecule has 1 fully saturated rings. The maximum Gasteiger partial charge on any atom is 0.301 e. The molecule has 1 aliphatic rings. The molecule has 2 aromatic heterocycles. The second-order valence-electron chi connectivity index (χ2n) is 9.58. The molecule has 1 amide bonds.